The fraction of sp³-hybridized carbons (Fsp3) is 0.391. The van der Waals surface area contributed by atoms with E-state index in [0.717, 1.165) is 18.4 Å². The lowest BCUT2D eigenvalue weighted by atomic mass is 9.88. The first-order chi connectivity index (χ1) is 14.6. The van der Waals surface area contributed by atoms with E-state index >= 15 is 0 Å². The average molecular weight is 412 g/mol. The molecule has 0 saturated carbocycles. The minimum atomic E-state index is -0.384. The Bertz CT molecular complexity index is 931. The zero-order chi connectivity index (χ0) is 21.1. The summed E-state index contributed by atoms with van der Waals surface area (Å²) in [6.07, 6.45) is 1.89. The Morgan fingerprint density at radius 3 is 2.63 bits per heavy atom. The van der Waals surface area contributed by atoms with E-state index in [1.54, 1.807) is 35.2 Å². The first kappa shape index (κ1) is 20.2. The van der Waals surface area contributed by atoms with Crippen LogP contribution in [-0.4, -0.2) is 43.1 Å². The summed E-state index contributed by atoms with van der Waals surface area (Å²) < 4.78 is 24.1. The van der Waals surface area contributed by atoms with Gasteiger partial charge in [-0.1, -0.05) is 25.5 Å². The molecule has 2 aromatic carbocycles. The van der Waals surface area contributed by atoms with Crippen LogP contribution in [0.15, 0.2) is 42.5 Å². The summed E-state index contributed by atoms with van der Waals surface area (Å²) in [5, 5.41) is 2.98. The summed E-state index contributed by atoms with van der Waals surface area (Å²) in [7, 11) is 0. The van der Waals surface area contributed by atoms with Crippen LogP contribution in [0.1, 0.15) is 41.6 Å². The molecule has 2 aliphatic rings. The molecule has 2 atom stereocenters. The Balaban J connectivity index is 1.55. The normalized spacial score (nSPS) is 19.7. The van der Waals surface area contributed by atoms with Gasteiger partial charge >= 0.3 is 0 Å². The van der Waals surface area contributed by atoms with Crippen LogP contribution < -0.4 is 14.8 Å². The van der Waals surface area contributed by atoms with Crippen LogP contribution in [0.3, 0.4) is 0 Å². The highest BCUT2D eigenvalue weighted by Crippen LogP contribution is 2.36. The molecule has 2 heterocycles. The number of rotatable bonds is 6. The van der Waals surface area contributed by atoms with E-state index in [0.29, 0.717) is 36.7 Å². The van der Waals surface area contributed by atoms with E-state index in [9.17, 15) is 14.0 Å². The second-order valence-electron chi connectivity index (χ2n) is 7.69. The van der Waals surface area contributed by atoms with Gasteiger partial charge in [0.25, 0.3) is 5.91 Å². The molecule has 2 amide bonds. The van der Waals surface area contributed by atoms with Crippen LogP contribution in [-0.2, 0) is 4.79 Å². The molecule has 0 radical (unpaired) electrons. The zero-order valence-corrected chi connectivity index (χ0v) is 16.9. The maximum Gasteiger partial charge on any atom is 0.254 e. The van der Waals surface area contributed by atoms with Crippen molar-refractivity contribution in [2.24, 2.45) is 5.92 Å². The Morgan fingerprint density at radius 1 is 1.10 bits per heavy atom. The fourth-order valence-corrected chi connectivity index (χ4v) is 4.01. The molecule has 158 valence electrons. The molecule has 4 rings (SSSR count). The van der Waals surface area contributed by atoms with E-state index < -0.39 is 0 Å². The molecule has 2 aliphatic heterocycles. The smallest absolute Gasteiger partial charge is 0.254 e. The van der Waals surface area contributed by atoms with E-state index in [4.69, 9.17) is 9.47 Å². The number of ether oxygens (including phenoxy) is 2. The van der Waals surface area contributed by atoms with Gasteiger partial charge in [-0.15, -0.1) is 0 Å². The molecule has 30 heavy (non-hydrogen) atoms. The number of fused-ring (bicyclic) bond motifs is 1. The molecular formula is C23H25FN2O4. The fourth-order valence-electron chi connectivity index (χ4n) is 4.01. The van der Waals surface area contributed by atoms with Crippen LogP contribution in [0, 0.1) is 11.7 Å². The van der Waals surface area contributed by atoms with Gasteiger partial charge in [-0.3, -0.25) is 9.59 Å². The average Bonchev–Trinajstić information content (AvgIpc) is 3.40. The van der Waals surface area contributed by atoms with Gasteiger partial charge in [0.2, 0.25) is 12.7 Å². The largest absolute Gasteiger partial charge is 0.454 e. The third-order valence-electron chi connectivity index (χ3n) is 5.69. The van der Waals surface area contributed by atoms with Gasteiger partial charge in [0, 0.05) is 31.1 Å². The number of nitrogens with zero attached hydrogens (tertiary/aromatic N) is 1. The van der Waals surface area contributed by atoms with Gasteiger partial charge in [0.05, 0.1) is 5.92 Å². The summed E-state index contributed by atoms with van der Waals surface area (Å²) in [6.45, 7) is 3.52. The number of amides is 2. The van der Waals surface area contributed by atoms with Crippen LogP contribution >= 0.6 is 0 Å². The number of hydrogen-bond donors (Lipinski definition) is 1. The Labute approximate surface area is 175 Å². The van der Waals surface area contributed by atoms with Crippen molar-refractivity contribution in [1.82, 2.24) is 10.2 Å². The monoisotopic (exact) mass is 412 g/mol. The van der Waals surface area contributed by atoms with Crippen molar-refractivity contribution in [3.8, 4) is 11.5 Å². The highest BCUT2D eigenvalue weighted by atomic mass is 19.1. The maximum atomic E-state index is 13.4. The van der Waals surface area contributed by atoms with Gasteiger partial charge in [-0.25, -0.2) is 4.39 Å². The molecule has 0 spiro atoms. The molecule has 1 fully saturated rings. The van der Waals surface area contributed by atoms with Crippen LogP contribution in [0.5, 0.6) is 11.5 Å². The Morgan fingerprint density at radius 2 is 1.87 bits per heavy atom. The third-order valence-corrected chi connectivity index (χ3v) is 5.69. The first-order valence-electron chi connectivity index (χ1n) is 10.3. The van der Waals surface area contributed by atoms with Gasteiger partial charge in [-0.05, 0) is 42.3 Å². The predicted octanol–water partition coefficient (Wildman–Crippen LogP) is 3.33. The van der Waals surface area contributed by atoms with Crippen LogP contribution in [0.4, 0.5) is 4.39 Å². The predicted molar refractivity (Wildman–Crippen MR) is 109 cm³/mol. The second kappa shape index (κ2) is 8.73. The minimum Gasteiger partial charge on any atom is -0.454 e. The Hall–Kier alpha value is -3.09. The topological polar surface area (TPSA) is 67.9 Å². The van der Waals surface area contributed by atoms with Crippen molar-refractivity contribution >= 4 is 11.8 Å². The van der Waals surface area contributed by atoms with Crippen LogP contribution in [0.25, 0.3) is 0 Å². The molecule has 7 heteroatoms. The van der Waals surface area contributed by atoms with E-state index in [2.05, 4.69) is 12.2 Å². The number of carbonyl (C=O) groups excluding carboxylic acids is 2. The van der Waals surface area contributed by atoms with Crippen molar-refractivity contribution in [2.75, 3.05) is 26.4 Å². The lowest BCUT2D eigenvalue weighted by Crippen LogP contribution is -2.36. The number of likely N-dealkylation sites (tertiary alicyclic amines) is 1. The standard InChI is InChI=1S/C23H25FN2O4/c1-2-3-10-25-22(27)19-13-26(12-18(19)15-4-7-17(24)8-5-15)23(28)16-6-9-20-21(11-16)30-14-29-20/h4-9,11,18-19H,2-3,10,12-14H2,1H3,(H,25,27)/t18-,19+/m0/s1. The molecule has 0 aromatic heterocycles. The number of benzene rings is 2. The van der Waals surface area contributed by atoms with Crippen molar-refractivity contribution < 1.29 is 23.5 Å². The molecule has 2 aromatic rings. The SMILES string of the molecule is CCCCNC(=O)[C@@H]1CN(C(=O)c2ccc3c(c2)OCO3)C[C@H]1c1ccc(F)cc1. The number of hydrogen-bond acceptors (Lipinski definition) is 4. The highest BCUT2D eigenvalue weighted by molar-refractivity contribution is 5.96. The summed E-state index contributed by atoms with van der Waals surface area (Å²) in [5.74, 6) is 0.0295. The number of unbranched alkanes of at least 4 members (excludes halogenated alkanes) is 1. The van der Waals surface area contributed by atoms with Gasteiger partial charge in [-0.2, -0.15) is 0 Å². The van der Waals surface area contributed by atoms with Crippen molar-refractivity contribution in [3.63, 3.8) is 0 Å². The van der Waals surface area contributed by atoms with Gasteiger partial charge in [0.15, 0.2) is 11.5 Å². The third kappa shape index (κ3) is 4.10. The van der Waals surface area contributed by atoms with E-state index in [-0.39, 0.29) is 36.3 Å². The van der Waals surface area contributed by atoms with Gasteiger partial charge < -0.3 is 19.7 Å². The number of carbonyl (C=O) groups is 2. The number of nitrogens with one attached hydrogen (secondary N) is 1. The molecular weight excluding hydrogens is 387 g/mol. The summed E-state index contributed by atoms with van der Waals surface area (Å²) >= 11 is 0. The molecule has 0 unspecified atom stereocenters. The van der Waals surface area contributed by atoms with Crippen molar-refractivity contribution in [1.29, 1.82) is 0 Å². The summed E-state index contributed by atoms with van der Waals surface area (Å²) in [5.41, 5.74) is 1.34. The van der Waals surface area contributed by atoms with E-state index in [1.807, 2.05) is 0 Å². The minimum absolute atomic E-state index is 0.0706. The zero-order valence-electron chi connectivity index (χ0n) is 16.9. The number of halogens is 1. The maximum absolute atomic E-state index is 13.4. The van der Waals surface area contributed by atoms with Crippen molar-refractivity contribution in [2.45, 2.75) is 25.7 Å². The second-order valence-corrected chi connectivity index (χ2v) is 7.69. The van der Waals surface area contributed by atoms with E-state index in [1.165, 1.54) is 12.1 Å². The quantitative estimate of drug-likeness (QED) is 0.739. The lowest BCUT2D eigenvalue weighted by molar-refractivity contribution is -0.124. The Kier molecular flexibility index (Phi) is 5.88. The molecule has 1 N–H and O–H groups in total. The molecule has 1 saturated heterocycles. The molecule has 0 bridgehead atoms. The molecule has 0 aliphatic carbocycles. The van der Waals surface area contributed by atoms with Crippen LogP contribution in [0.2, 0.25) is 0 Å². The highest BCUT2D eigenvalue weighted by Gasteiger charge is 2.40. The first-order valence-corrected chi connectivity index (χ1v) is 10.3. The summed E-state index contributed by atoms with van der Waals surface area (Å²) in [6, 6.07) is 11.3. The summed E-state index contributed by atoms with van der Waals surface area (Å²) in [4.78, 5) is 27.7. The van der Waals surface area contributed by atoms with Gasteiger partial charge in [0.1, 0.15) is 5.82 Å². The molecule has 6 nitrogen and oxygen atoms in total. The lowest BCUT2D eigenvalue weighted by Gasteiger charge is -2.18. The van der Waals surface area contributed by atoms with Crippen molar-refractivity contribution in [3.05, 3.63) is 59.4 Å².